The van der Waals surface area contributed by atoms with Gasteiger partial charge in [0.25, 0.3) is 0 Å². The first kappa shape index (κ1) is 13.2. The van der Waals surface area contributed by atoms with E-state index in [-0.39, 0.29) is 0 Å². The first-order valence-corrected chi connectivity index (χ1v) is 7.60. The molecule has 1 fully saturated rings. The van der Waals surface area contributed by atoms with Gasteiger partial charge in [0, 0.05) is 24.1 Å². The van der Waals surface area contributed by atoms with Gasteiger partial charge in [-0.2, -0.15) is 4.52 Å². The molecule has 1 aliphatic rings. The highest BCUT2D eigenvalue weighted by Gasteiger charge is 2.20. The maximum Gasteiger partial charge on any atom is 0.223 e. The van der Waals surface area contributed by atoms with E-state index >= 15 is 0 Å². The molecular weight excluding hydrogens is 276 g/mol. The zero-order valence-corrected chi connectivity index (χ0v) is 12.2. The van der Waals surface area contributed by atoms with Crippen LogP contribution in [0.2, 0.25) is 0 Å². The van der Waals surface area contributed by atoms with Crippen LogP contribution in [0.1, 0.15) is 24.6 Å². The Balaban J connectivity index is 1.77. The smallest absolute Gasteiger partial charge is 0.223 e. The Kier molecular flexibility index (Phi) is 3.23. The molecule has 3 aromatic rings. The Morgan fingerprint density at radius 3 is 2.82 bits per heavy atom. The van der Waals surface area contributed by atoms with Gasteiger partial charge >= 0.3 is 0 Å². The molecule has 1 atom stereocenters. The molecular formula is C16H18N6. The van der Waals surface area contributed by atoms with Gasteiger partial charge in [0.1, 0.15) is 0 Å². The van der Waals surface area contributed by atoms with Crippen molar-refractivity contribution in [3.63, 3.8) is 0 Å². The topological polar surface area (TPSA) is 81.1 Å². The Hall–Kier alpha value is -2.47. The molecule has 1 aliphatic heterocycles. The summed E-state index contributed by atoms with van der Waals surface area (Å²) >= 11 is 0. The van der Waals surface area contributed by atoms with Crippen molar-refractivity contribution in [2.45, 2.75) is 18.8 Å². The number of benzene rings is 1. The van der Waals surface area contributed by atoms with Gasteiger partial charge in [-0.05, 0) is 19.4 Å². The average Bonchev–Trinajstić information content (AvgIpc) is 3.01. The Morgan fingerprint density at radius 2 is 2.05 bits per heavy atom. The zero-order chi connectivity index (χ0) is 14.9. The van der Waals surface area contributed by atoms with Crippen molar-refractivity contribution in [1.82, 2.24) is 24.9 Å². The van der Waals surface area contributed by atoms with Crippen LogP contribution in [-0.2, 0) is 0 Å². The summed E-state index contributed by atoms with van der Waals surface area (Å²) < 4.78 is 1.64. The van der Waals surface area contributed by atoms with Crippen LogP contribution in [0.5, 0.6) is 0 Å². The molecule has 0 aliphatic carbocycles. The molecule has 0 amide bonds. The fourth-order valence-corrected chi connectivity index (χ4v) is 2.93. The van der Waals surface area contributed by atoms with Gasteiger partial charge in [-0.25, -0.2) is 9.97 Å². The quantitative estimate of drug-likeness (QED) is 0.753. The number of aromatic nitrogens is 4. The van der Waals surface area contributed by atoms with Crippen molar-refractivity contribution in [1.29, 1.82) is 0 Å². The molecule has 1 aromatic carbocycles. The maximum atomic E-state index is 6.07. The fraction of sp³-hybridized carbons (Fsp3) is 0.312. The predicted octanol–water partition coefficient (Wildman–Crippen LogP) is 1.84. The molecule has 0 unspecified atom stereocenters. The lowest BCUT2D eigenvalue weighted by Crippen LogP contribution is -2.29. The van der Waals surface area contributed by atoms with Crippen LogP contribution in [0.25, 0.3) is 16.9 Å². The summed E-state index contributed by atoms with van der Waals surface area (Å²) in [5, 5.41) is 7.94. The second-order valence-corrected chi connectivity index (χ2v) is 5.65. The highest BCUT2D eigenvalue weighted by atomic mass is 15.3. The first-order chi connectivity index (χ1) is 10.8. The Labute approximate surface area is 128 Å². The number of rotatable bonds is 2. The monoisotopic (exact) mass is 294 g/mol. The van der Waals surface area contributed by atoms with E-state index in [1.54, 1.807) is 4.52 Å². The molecule has 0 bridgehead atoms. The minimum atomic E-state index is 0.355. The standard InChI is InChI=1S/C16H18N6/c17-16-19-13(11-5-2-1-3-6-11)9-14-20-15(21-22(14)16)12-7-4-8-18-10-12/h1-3,5-6,9,12,18H,4,7-8,10H2,(H2,17,19)/t12-/m1/s1. The van der Waals surface area contributed by atoms with E-state index in [4.69, 9.17) is 5.73 Å². The van der Waals surface area contributed by atoms with Gasteiger partial charge in [0.05, 0.1) is 5.69 Å². The van der Waals surface area contributed by atoms with E-state index in [1.807, 2.05) is 36.4 Å². The summed E-state index contributed by atoms with van der Waals surface area (Å²) in [6, 6.07) is 11.9. The lowest BCUT2D eigenvalue weighted by molar-refractivity contribution is 0.447. The highest BCUT2D eigenvalue weighted by Crippen LogP contribution is 2.24. The predicted molar refractivity (Wildman–Crippen MR) is 85.5 cm³/mol. The number of nitrogens with two attached hydrogens (primary N) is 1. The summed E-state index contributed by atoms with van der Waals surface area (Å²) in [6.07, 6.45) is 2.27. The summed E-state index contributed by atoms with van der Waals surface area (Å²) in [4.78, 5) is 9.13. The number of fused-ring (bicyclic) bond motifs is 1. The van der Waals surface area contributed by atoms with Crippen LogP contribution < -0.4 is 11.1 Å². The summed E-state index contributed by atoms with van der Waals surface area (Å²) in [5.41, 5.74) is 8.68. The SMILES string of the molecule is Nc1nc(-c2ccccc2)cc2nc([C@@H]3CCCNC3)nn12. The lowest BCUT2D eigenvalue weighted by Gasteiger charge is -2.19. The van der Waals surface area contributed by atoms with Gasteiger partial charge in [-0.1, -0.05) is 30.3 Å². The third kappa shape index (κ3) is 2.31. The number of nitrogens with zero attached hydrogens (tertiary/aromatic N) is 4. The molecule has 6 heteroatoms. The van der Waals surface area contributed by atoms with E-state index in [0.717, 1.165) is 48.7 Å². The van der Waals surface area contributed by atoms with E-state index in [0.29, 0.717) is 11.9 Å². The van der Waals surface area contributed by atoms with Crippen molar-refractivity contribution in [2.24, 2.45) is 0 Å². The second-order valence-electron chi connectivity index (χ2n) is 5.65. The zero-order valence-electron chi connectivity index (χ0n) is 12.2. The third-order valence-electron chi connectivity index (χ3n) is 4.10. The number of anilines is 1. The Morgan fingerprint density at radius 1 is 1.18 bits per heavy atom. The number of hydrogen-bond donors (Lipinski definition) is 2. The van der Waals surface area contributed by atoms with E-state index in [9.17, 15) is 0 Å². The molecule has 4 rings (SSSR count). The molecule has 3 N–H and O–H groups in total. The van der Waals surface area contributed by atoms with Crippen molar-refractivity contribution in [3.8, 4) is 11.3 Å². The molecule has 0 saturated carbocycles. The molecule has 0 radical (unpaired) electrons. The second kappa shape index (κ2) is 5.38. The molecule has 6 nitrogen and oxygen atoms in total. The number of nitrogens with one attached hydrogen (secondary N) is 1. The summed E-state index contributed by atoms with van der Waals surface area (Å²) in [6.45, 7) is 2.00. The average molecular weight is 294 g/mol. The van der Waals surface area contributed by atoms with Crippen LogP contribution in [-0.4, -0.2) is 32.7 Å². The van der Waals surface area contributed by atoms with Crippen LogP contribution in [0, 0.1) is 0 Å². The van der Waals surface area contributed by atoms with Crippen LogP contribution in [0.4, 0.5) is 5.95 Å². The van der Waals surface area contributed by atoms with Gasteiger partial charge in [0.2, 0.25) is 5.95 Å². The van der Waals surface area contributed by atoms with Gasteiger partial charge < -0.3 is 11.1 Å². The Bertz CT molecular complexity index is 789. The van der Waals surface area contributed by atoms with Crippen LogP contribution in [0.15, 0.2) is 36.4 Å². The lowest BCUT2D eigenvalue weighted by atomic mass is 9.99. The molecule has 22 heavy (non-hydrogen) atoms. The molecule has 1 saturated heterocycles. The van der Waals surface area contributed by atoms with Crippen molar-refractivity contribution in [3.05, 3.63) is 42.2 Å². The minimum Gasteiger partial charge on any atom is -0.368 e. The summed E-state index contributed by atoms with van der Waals surface area (Å²) in [5.74, 6) is 1.58. The fourth-order valence-electron chi connectivity index (χ4n) is 2.93. The number of piperidine rings is 1. The van der Waals surface area contributed by atoms with E-state index in [2.05, 4.69) is 20.4 Å². The largest absolute Gasteiger partial charge is 0.368 e. The molecule has 2 aromatic heterocycles. The van der Waals surface area contributed by atoms with Gasteiger partial charge in [-0.3, -0.25) is 0 Å². The van der Waals surface area contributed by atoms with Crippen molar-refractivity contribution < 1.29 is 0 Å². The van der Waals surface area contributed by atoms with Crippen molar-refractivity contribution in [2.75, 3.05) is 18.8 Å². The summed E-state index contributed by atoms with van der Waals surface area (Å²) in [7, 11) is 0. The normalized spacial score (nSPS) is 18.6. The van der Waals surface area contributed by atoms with Crippen LogP contribution >= 0.6 is 0 Å². The molecule has 0 spiro atoms. The van der Waals surface area contributed by atoms with Gasteiger partial charge in [0.15, 0.2) is 11.5 Å². The van der Waals surface area contributed by atoms with Crippen molar-refractivity contribution >= 4 is 11.6 Å². The number of nitrogen functional groups attached to an aromatic ring is 1. The molecule has 112 valence electrons. The van der Waals surface area contributed by atoms with Crippen LogP contribution in [0.3, 0.4) is 0 Å². The third-order valence-corrected chi connectivity index (χ3v) is 4.10. The number of hydrogen-bond acceptors (Lipinski definition) is 5. The highest BCUT2D eigenvalue weighted by molar-refractivity contribution is 5.65. The van der Waals surface area contributed by atoms with Gasteiger partial charge in [-0.15, -0.1) is 5.10 Å². The molecule has 3 heterocycles. The first-order valence-electron chi connectivity index (χ1n) is 7.60. The minimum absolute atomic E-state index is 0.355. The van der Waals surface area contributed by atoms with E-state index < -0.39 is 0 Å². The maximum absolute atomic E-state index is 6.07. The van der Waals surface area contributed by atoms with E-state index in [1.165, 1.54) is 0 Å².